The van der Waals surface area contributed by atoms with Crippen molar-refractivity contribution in [1.82, 2.24) is 0 Å². The minimum Gasteiger partial charge on any atom is -0.497 e. The largest absolute Gasteiger partial charge is 0.497 e. The lowest BCUT2D eigenvalue weighted by molar-refractivity contribution is -0.125. The van der Waals surface area contributed by atoms with Gasteiger partial charge in [-0.25, -0.2) is 0 Å². The summed E-state index contributed by atoms with van der Waals surface area (Å²) < 4.78 is 5.04. The zero-order chi connectivity index (χ0) is 9.26. The van der Waals surface area contributed by atoms with E-state index < -0.39 is 0 Å². The Kier molecular flexibility index (Phi) is 2.05. The predicted molar refractivity (Wildman–Crippen MR) is 50.0 cm³/mol. The van der Waals surface area contributed by atoms with Gasteiger partial charge < -0.3 is 4.74 Å². The van der Waals surface area contributed by atoms with Gasteiger partial charge in [0.25, 0.3) is 0 Å². The maximum absolute atomic E-state index is 11.2. The molecular formula is C11H12O2. The van der Waals surface area contributed by atoms with Crippen molar-refractivity contribution in [2.45, 2.75) is 18.8 Å². The maximum atomic E-state index is 11.2. The number of hydrogen-bond donors (Lipinski definition) is 0. The number of hydrogen-bond acceptors (Lipinski definition) is 2. The van der Waals surface area contributed by atoms with Gasteiger partial charge in [-0.3, -0.25) is 4.79 Å². The standard InChI is InChI=1S/C11H12O2/c1-13-9-4-2-8(3-5-9)10-6-7-11(10)12/h2-5,10H,6-7H2,1H3/t10-/m0/s1. The van der Waals surface area contributed by atoms with E-state index >= 15 is 0 Å². The van der Waals surface area contributed by atoms with Gasteiger partial charge in [0.05, 0.1) is 7.11 Å². The van der Waals surface area contributed by atoms with Gasteiger partial charge in [0.1, 0.15) is 11.5 Å². The van der Waals surface area contributed by atoms with Gasteiger partial charge in [0.2, 0.25) is 0 Å². The first kappa shape index (κ1) is 8.30. The summed E-state index contributed by atoms with van der Waals surface area (Å²) >= 11 is 0. The fraction of sp³-hybridized carbons (Fsp3) is 0.364. The molecule has 1 aliphatic carbocycles. The van der Waals surface area contributed by atoms with Crippen molar-refractivity contribution < 1.29 is 9.53 Å². The summed E-state index contributed by atoms with van der Waals surface area (Å²) in [5.74, 6) is 1.37. The van der Waals surface area contributed by atoms with Crippen molar-refractivity contribution in [2.75, 3.05) is 7.11 Å². The third kappa shape index (κ3) is 1.44. The minimum absolute atomic E-state index is 0.158. The molecule has 2 nitrogen and oxygen atoms in total. The molecule has 68 valence electrons. The van der Waals surface area contributed by atoms with Crippen LogP contribution in [0.2, 0.25) is 0 Å². The fourth-order valence-corrected chi connectivity index (χ4v) is 1.60. The molecule has 1 aliphatic rings. The third-order valence-electron chi connectivity index (χ3n) is 2.59. The average Bonchev–Trinajstić information content (AvgIpc) is 2.17. The SMILES string of the molecule is COc1ccc([C@@H]2CCC2=O)cc1. The zero-order valence-corrected chi connectivity index (χ0v) is 7.62. The second kappa shape index (κ2) is 3.21. The summed E-state index contributed by atoms with van der Waals surface area (Å²) in [5.41, 5.74) is 1.12. The second-order valence-corrected chi connectivity index (χ2v) is 3.33. The molecule has 1 aromatic rings. The van der Waals surface area contributed by atoms with Crippen LogP contribution in [0.5, 0.6) is 5.75 Å². The van der Waals surface area contributed by atoms with Crippen LogP contribution in [0.4, 0.5) is 0 Å². The van der Waals surface area contributed by atoms with E-state index in [2.05, 4.69) is 0 Å². The van der Waals surface area contributed by atoms with Crippen molar-refractivity contribution in [3.63, 3.8) is 0 Å². The molecule has 1 fully saturated rings. The van der Waals surface area contributed by atoms with Gasteiger partial charge in [-0.15, -0.1) is 0 Å². The smallest absolute Gasteiger partial charge is 0.140 e. The first-order chi connectivity index (χ1) is 6.31. The maximum Gasteiger partial charge on any atom is 0.140 e. The summed E-state index contributed by atoms with van der Waals surface area (Å²) in [5, 5.41) is 0. The summed E-state index contributed by atoms with van der Waals surface area (Å²) in [6.07, 6.45) is 1.75. The number of benzene rings is 1. The Hall–Kier alpha value is -1.31. The molecule has 0 radical (unpaired) electrons. The molecule has 0 aromatic heterocycles. The van der Waals surface area contributed by atoms with E-state index in [4.69, 9.17) is 4.74 Å². The minimum atomic E-state index is 0.158. The number of ether oxygens (including phenoxy) is 1. The molecule has 1 aromatic carbocycles. The van der Waals surface area contributed by atoms with Crippen molar-refractivity contribution in [3.05, 3.63) is 29.8 Å². The average molecular weight is 176 g/mol. The van der Waals surface area contributed by atoms with Gasteiger partial charge in [0, 0.05) is 12.3 Å². The molecule has 0 N–H and O–H groups in total. The summed E-state index contributed by atoms with van der Waals surface area (Å²) in [7, 11) is 1.64. The van der Waals surface area contributed by atoms with Crippen LogP contribution in [0.25, 0.3) is 0 Å². The predicted octanol–water partition coefficient (Wildman–Crippen LogP) is 2.14. The summed E-state index contributed by atoms with van der Waals surface area (Å²) in [4.78, 5) is 11.2. The lowest BCUT2D eigenvalue weighted by Crippen LogP contribution is -2.22. The first-order valence-electron chi connectivity index (χ1n) is 4.48. The van der Waals surface area contributed by atoms with Crippen molar-refractivity contribution in [1.29, 1.82) is 0 Å². The van der Waals surface area contributed by atoms with Gasteiger partial charge >= 0.3 is 0 Å². The van der Waals surface area contributed by atoms with Crippen LogP contribution in [0, 0.1) is 0 Å². The number of methoxy groups -OCH3 is 1. The molecule has 0 spiro atoms. The van der Waals surface area contributed by atoms with E-state index in [1.54, 1.807) is 7.11 Å². The Bertz CT molecular complexity index is 313. The summed E-state index contributed by atoms with van der Waals surface area (Å²) in [6.45, 7) is 0. The zero-order valence-electron chi connectivity index (χ0n) is 7.62. The monoisotopic (exact) mass is 176 g/mol. The van der Waals surface area contributed by atoms with Gasteiger partial charge in [0.15, 0.2) is 0 Å². The molecule has 2 heteroatoms. The number of Topliss-reactive ketones (excluding diaryl/α,β-unsaturated/α-hetero) is 1. The Morgan fingerprint density at radius 1 is 1.31 bits per heavy atom. The highest BCUT2D eigenvalue weighted by molar-refractivity contribution is 5.91. The molecule has 0 unspecified atom stereocenters. The van der Waals surface area contributed by atoms with E-state index in [0.29, 0.717) is 5.78 Å². The number of ketones is 1. The van der Waals surface area contributed by atoms with E-state index in [9.17, 15) is 4.79 Å². The highest BCUT2D eigenvalue weighted by Crippen LogP contribution is 2.33. The van der Waals surface area contributed by atoms with Crippen LogP contribution < -0.4 is 4.74 Å². The first-order valence-corrected chi connectivity index (χ1v) is 4.48. The normalized spacial score (nSPS) is 21.0. The van der Waals surface area contributed by atoms with Crippen LogP contribution in [0.15, 0.2) is 24.3 Å². The number of carbonyl (C=O) groups is 1. The molecule has 0 bridgehead atoms. The second-order valence-electron chi connectivity index (χ2n) is 3.33. The Morgan fingerprint density at radius 2 is 2.00 bits per heavy atom. The molecule has 13 heavy (non-hydrogen) atoms. The van der Waals surface area contributed by atoms with Gasteiger partial charge in [-0.05, 0) is 24.1 Å². The van der Waals surface area contributed by atoms with Crippen LogP contribution in [0.1, 0.15) is 24.3 Å². The molecular weight excluding hydrogens is 164 g/mol. The lowest BCUT2D eigenvalue weighted by Gasteiger charge is -2.24. The molecule has 1 atom stereocenters. The van der Waals surface area contributed by atoms with Crippen molar-refractivity contribution in [3.8, 4) is 5.75 Å². The van der Waals surface area contributed by atoms with Crippen LogP contribution in [-0.4, -0.2) is 12.9 Å². The van der Waals surface area contributed by atoms with Gasteiger partial charge in [-0.1, -0.05) is 12.1 Å². The van der Waals surface area contributed by atoms with E-state index in [0.717, 1.165) is 24.2 Å². The molecule has 0 saturated heterocycles. The fourth-order valence-electron chi connectivity index (χ4n) is 1.60. The van der Waals surface area contributed by atoms with E-state index in [1.165, 1.54) is 0 Å². The van der Waals surface area contributed by atoms with Crippen LogP contribution >= 0.6 is 0 Å². The molecule has 0 heterocycles. The van der Waals surface area contributed by atoms with E-state index in [1.807, 2.05) is 24.3 Å². The molecule has 0 aliphatic heterocycles. The van der Waals surface area contributed by atoms with Crippen LogP contribution in [0.3, 0.4) is 0 Å². The quantitative estimate of drug-likeness (QED) is 0.690. The lowest BCUT2D eigenvalue weighted by atomic mass is 9.79. The van der Waals surface area contributed by atoms with E-state index in [-0.39, 0.29) is 5.92 Å². The molecule has 1 saturated carbocycles. The highest BCUT2D eigenvalue weighted by atomic mass is 16.5. The number of rotatable bonds is 2. The Labute approximate surface area is 77.5 Å². The Balaban J connectivity index is 2.18. The highest BCUT2D eigenvalue weighted by Gasteiger charge is 2.29. The van der Waals surface area contributed by atoms with Crippen molar-refractivity contribution in [2.24, 2.45) is 0 Å². The molecule has 2 rings (SSSR count). The topological polar surface area (TPSA) is 26.3 Å². The van der Waals surface area contributed by atoms with Crippen molar-refractivity contribution >= 4 is 5.78 Å². The molecule has 0 amide bonds. The van der Waals surface area contributed by atoms with Crippen LogP contribution in [-0.2, 0) is 4.79 Å². The summed E-state index contributed by atoms with van der Waals surface area (Å²) in [6, 6.07) is 7.75. The Morgan fingerprint density at radius 3 is 2.38 bits per heavy atom. The van der Waals surface area contributed by atoms with Gasteiger partial charge in [-0.2, -0.15) is 0 Å². The third-order valence-corrected chi connectivity index (χ3v) is 2.59. The number of carbonyl (C=O) groups excluding carboxylic acids is 1.